The molecule has 0 amide bonds. The van der Waals surface area contributed by atoms with Gasteiger partial charge in [0.05, 0.1) is 106 Å². The minimum absolute atomic E-state index is 0.0251. The Morgan fingerprint density at radius 3 is 1.04 bits per heavy atom. The van der Waals surface area contributed by atoms with Crippen LogP contribution >= 0.6 is 0 Å². The van der Waals surface area contributed by atoms with E-state index in [4.69, 9.17) is 66.3 Å². The first-order valence-electron chi connectivity index (χ1n) is 15.7. The molecule has 0 aromatic heterocycles. The smallest absolute Gasteiger partial charge is 0.305 e. The molecule has 16 heteroatoms. The van der Waals surface area contributed by atoms with Crippen molar-refractivity contribution >= 4 is 11.9 Å². The molecule has 4 atom stereocenters. The van der Waals surface area contributed by atoms with Gasteiger partial charge in [-0.15, -0.1) is 0 Å². The predicted octanol–water partition coefficient (Wildman–Crippen LogP) is -0.377. The van der Waals surface area contributed by atoms with E-state index in [0.29, 0.717) is 52.9 Å². The Morgan fingerprint density at radius 2 is 0.778 bits per heavy atom. The molecular weight excluding hydrogens is 604 g/mol. The number of carbonyl (C=O) groups excluding carboxylic acids is 2. The Kier molecular flexibility index (Phi) is 17.8. The first-order valence-corrected chi connectivity index (χ1v) is 15.7. The summed E-state index contributed by atoms with van der Waals surface area (Å²) in [5.41, 5.74) is 0. The summed E-state index contributed by atoms with van der Waals surface area (Å²) < 4.78 is 75.6. The van der Waals surface area contributed by atoms with Crippen molar-refractivity contribution in [2.75, 3.05) is 119 Å². The van der Waals surface area contributed by atoms with Gasteiger partial charge in [0.25, 0.3) is 0 Å². The van der Waals surface area contributed by atoms with Crippen LogP contribution in [0.1, 0.15) is 19.3 Å². The second kappa shape index (κ2) is 22.1. The van der Waals surface area contributed by atoms with Gasteiger partial charge in [0.2, 0.25) is 0 Å². The summed E-state index contributed by atoms with van der Waals surface area (Å²) in [5, 5.41) is 0. The van der Waals surface area contributed by atoms with Crippen LogP contribution in [0.4, 0.5) is 0 Å². The van der Waals surface area contributed by atoms with Crippen LogP contribution in [0.2, 0.25) is 0 Å². The molecule has 0 bridgehead atoms. The Morgan fingerprint density at radius 1 is 0.489 bits per heavy atom. The van der Waals surface area contributed by atoms with E-state index in [1.54, 1.807) is 0 Å². The number of rotatable bonds is 32. The van der Waals surface area contributed by atoms with Crippen LogP contribution in [0.3, 0.4) is 0 Å². The van der Waals surface area contributed by atoms with Crippen LogP contribution in [-0.4, -0.2) is 168 Å². The van der Waals surface area contributed by atoms with Gasteiger partial charge in [0.1, 0.15) is 37.6 Å². The zero-order valence-electron chi connectivity index (χ0n) is 25.8. The Labute approximate surface area is 263 Å². The summed E-state index contributed by atoms with van der Waals surface area (Å²) in [4.78, 5) is 24.6. The summed E-state index contributed by atoms with van der Waals surface area (Å²) in [5.74, 6) is -0.969. The molecule has 4 unspecified atom stereocenters. The molecule has 4 aliphatic heterocycles. The number of epoxide rings is 4. The Bertz CT molecular complexity index is 693. The van der Waals surface area contributed by atoms with Crippen LogP contribution in [0.15, 0.2) is 0 Å². The summed E-state index contributed by atoms with van der Waals surface area (Å²) in [6.07, 6.45) is -0.590. The lowest BCUT2D eigenvalue weighted by atomic mass is 10.2. The first kappa shape index (κ1) is 36.3. The van der Waals surface area contributed by atoms with E-state index in [-0.39, 0.29) is 83.3 Å². The molecule has 4 saturated heterocycles. The number of hydrogen-bond acceptors (Lipinski definition) is 16. The monoisotopic (exact) mass is 652 g/mol. The molecule has 16 nitrogen and oxygen atoms in total. The SMILES string of the molecule is O=C(CCCC(=O)OCC(OCCOCC1CO1)OCCOCC1CO1)OCC(OCCOCC1CO1)OCCOCC1CO1. The Hall–Kier alpha value is -1.54. The molecule has 4 heterocycles. The fourth-order valence-corrected chi connectivity index (χ4v) is 3.60. The molecule has 0 N–H and O–H groups in total. The van der Waals surface area contributed by atoms with Gasteiger partial charge in [-0.05, 0) is 6.42 Å². The highest BCUT2D eigenvalue weighted by Crippen LogP contribution is 2.11. The molecule has 4 fully saturated rings. The third kappa shape index (κ3) is 20.3. The van der Waals surface area contributed by atoms with E-state index in [2.05, 4.69) is 0 Å². The highest BCUT2D eigenvalue weighted by atomic mass is 16.7. The second-order valence-electron chi connectivity index (χ2n) is 10.7. The zero-order valence-corrected chi connectivity index (χ0v) is 25.8. The van der Waals surface area contributed by atoms with Gasteiger partial charge >= 0.3 is 11.9 Å². The third-order valence-electron chi connectivity index (χ3n) is 6.47. The summed E-state index contributed by atoms with van der Waals surface area (Å²) >= 11 is 0. The van der Waals surface area contributed by atoms with E-state index in [9.17, 15) is 9.59 Å². The number of hydrogen-bond donors (Lipinski definition) is 0. The highest BCUT2D eigenvalue weighted by Gasteiger charge is 2.25. The van der Waals surface area contributed by atoms with Crippen LogP contribution in [0, 0.1) is 0 Å². The molecule has 45 heavy (non-hydrogen) atoms. The van der Waals surface area contributed by atoms with Gasteiger partial charge in [0.15, 0.2) is 12.6 Å². The maximum Gasteiger partial charge on any atom is 0.305 e. The van der Waals surface area contributed by atoms with Crippen molar-refractivity contribution in [1.82, 2.24) is 0 Å². The standard InChI is InChI=1S/C29H48O16/c30-26(44-20-28(36-8-4-32-12-22-16-40-22)37-9-5-33-13-23-17-41-23)2-1-3-27(31)45-21-29(38-10-6-34-14-24-18-42-24)39-11-7-35-15-25-19-43-25/h22-25,28-29H,1-21H2. The third-order valence-corrected chi connectivity index (χ3v) is 6.47. The van der Waals surface area contributed by atoms with Crippen molar-refractivity contribution in [2.45, 2.75) is 56.3 Å². The number of ether oxygens (including phenoxy) is 14. The quantitative estimate of drug-likeness (QED) is 0.0397. The minimum Gasteiger partial charge on any atom is -0.460 e. The Balaban J connectivity index is 1.03. The summed E-state index contributed by atoms with van der Waals surface area (Å²) in [6, 6.07) is 0. The highest BCUT2D eigenvalue weighted by molar-refractivity contribution is 5.72. The van der Waals surface area contributed by atoms with Gasteiger partial charge < -0.3 is 66.3 Å². The van der Waals surface area contributed by atoms with Gasteiger partial charge in [0, 0.05) is 12.8 Å². The summed E-state index contributed by atoms with van der Waals surface area (Å²) in [6.45, 7) is 7.19. The van der Waals surface area contributed by atoms with Crippen molar-refractivity contribution in [3.8, 4) is 0 Å². The maximum absolute atomic E-state index is 12.3. The van der Waals surface area contributed by atoms with E-state index in [1.807, 2.05) is 0 Å². The van der Waals surface area contributed by atoms with E-state index in [0.717, 1.165) is 26.4 Å². The topological polar surface area (TPSA) is 177 Å². The van der Waals surface area contributed by atoms with Crippen molar-refractivity contribution in [2.24, 2.45) is 0 Å². The average molecular weight is 653 g/mol. The van der Waals surface area contributed by atoms with Crippen molar-refractivity contribution in [3.05, 3.63) is 0 Å². The lowest BCUT2D eigenvalue weighted by Gasteiger charge is -2.19. The molecule has 260 valence electrons. The molecule has 4 rings (SSSR count). The molecule has 0 aliphatic carbocycles. The molecule has 0 aromatic carbocycles. The zero-order chi connectivity index (χ0) is 31.4. The fraction of sp³-hybridized carbons (Fsp3) is 0.931. The lowest BCUT2D eigenvalue weighted by molar-refractivity contribution is -0.191. The van der Waals surface area contributed by atoms with Crippen LogP contribution in [-0.2, 0) is 75.9 Å². The molecule has 0 saturated carbocycles. The molecular formula is C29H48O16. The van der Waals surface area contributed by atoms with Crippen molar-refractivity contribution < 1.29 is 75.9 Å². The minimum atomic E-state index is -0.780. The number of esters is 2. The second-order valence-corrected chi connectivity index (χ2v) is 10.7. The largest absolute Gasteiger partial charge is 0.460 e. The average Bonchev–Trinajstić information content (AvgIpc) is 3.84. The van der Waals surface area contributed by atoms with E-state index < -0.39 is 24.5 Å². The van der Waals surface area contributed by atoms with Gasteiger partial charge in [-0.3, -0.25) is 9.59 Å². The van der Waals surface area contributed by atoms with Crippen LogP contribution < -0.4 is 0 Å². The van der Waals surface area contributed by atoms with Gasteiger partial charge in [-0.2, -0.15) is 0 Å². The molecule has 0 spiro atoms. The van der Waals surface area contributed by atoms with Crippen LogP contribution in [0.25, 0.3) is 0 Å². The summed E-state index contributed by atoms with van der Waals surface area (Å²) in [7, 11) is 0. The maximum atomic E-state index is 12.3. The van der Waals surface area contributed by atoms with Gasteiger partial charge in [-0.1, -0.05) is 0 Å². The van der Waals surface area contributed by atoms with Crippen LogP contribution in [0.5, 0.6) is 0 Å². The van der Waals surface area contributed by atoms with Crippen molar-refractivity contribution in [3.63, 3.8) is 0 Å². The lowest BCUT2D eigenvalue weighted by Crippen LogP contribution is -2.29. The first-order chi connectivity index (χ1) is 22.1. The molecule has 0 aromatic rings. The van der Waals surface area contributed by atoms with Gasteiger partial charge in [-0.25, -0.2) is 0 Å². The predicted molar refractivity (Wildman–Crippen MR) is 149 cm³/mol. The molecule has 0 radical (unpaired) electrons. The van der Waals surface area contributed by atoms with Crippen molar-refractivity contribution in [1.29, 1.82) is 0 Å². The molecule has 4 aliphatic rings. The van der Waals surface area contributed by atoms with E-state index >= 15 is 0 Å². The fourth-order valence-electron chi connectivity index (χ4n) is 3.60. The normalized spacial score (nSPS) is 24.2. The van der Waals surface area contributed by atoms with E-state index in [1.165, 1.54) is 0 Å². The number of carbonyl (C=O) groups is 2.